The second kappa shape index (κ2) is 11.4. The number of aromatic carboxylic acids is 1. The zero-order chi connectivity index (χ0) is 25.7. The number of nitrogens with zero attached hydrogens (tertiary/aromatic N) is 3. The van der Waals surface area contributed by atoms with E-state index in [1.165, 1.54) is 18.0 Å². The van der Waals surface area contributed by atoms with Crippen molar-refractivity contribution in [1.29, 1.82) is 0 Å². The van der Waals surface area contributed by atoms with Crippen LogP contribution >= 0.6 is 0 Å². The molecule has 192 valence electrons. The molecular weight excluding hydrogens is 478 g/mol. The van der Waals surface area contributed by atoms with Crippen LogP contribution in [-0.4, -0.2) is 57.0 Å². The lowest BCUT2D eigenvalue weighted by Gasteiger charge is -2.22. The number of amides is 1. The van der Waals surface area contributed by atoms with E-state index >= 15 is 0 Å². The molecule has 1 atom stereocenters. The van der Waals surface area contributed by atoms with E-state index in [0.29, 0.717) is 38.1 Å². The number of carbonyl (C=O) groups is 2. The molecule has 1 saturated heterocycles. The van der Waals surface area contributed by atoms with E-state index in [1.807, 2.05) is 0 Å². The van der Waals surface area contributed by atoms with Crippen LogP contribution in [0.25, 0.3) is 11.5 Å². The third-order valence-corrected chi connectivity index (χ3v) is 5.68. The number of aromatic amines is 1. The van der Waals surface area contributed by atoms with E-state index in [9.17, 15) is 23.5 Å². The van der Waals surface area contributed by atoms with Crippen molar-refractivity contribution in [3.8, 4) is 11.5 Å². The summed E-state index contributed by atoms with van der Waals surface area (Å²) in [7, 11) is 1.48. The predicted molar refractivity (Wildman–Crippen MR) is 123 cm³/mol. The van der Waals surface area contributed by atoms with Gasteiger partial charge < -0.3 is 25.0 Å². The van der Waals surface area contributed by atoms with Gasteiger partial charge in [-0.15, -0.1) is 0 Å². The Morgan fingerprint density at radius 3 is 2.75 bits per heavy atom. The molecule has 0 radical (unpaired) electrons. The fraction of sp³-hybridized carbons (Fsp3) is 0.391. The van der Waals surface area contributed by atoms with Crippen LogP contribution in [-0.2, 0) is 16.0 Å². The Labute approximate surface area is 204 Å². The maximum absolute atomic E-state index is 14.2. The molecule has 1 unspecified atom stereocenters. The number of imidazole rings is 1. The zero-order valence-electron chi connectivity index (χ0n) is 19.5. The molecule has 13 heteroatoms. The van der Waals surface area contributed by atoms with Crippen LogP contribution in [0.5, 0.6) is 0 Å². The molecule has 3 heterocycles. The van der Waals surface area contributed by atoms with Gasteiger partial charge in [-0.25, -0.2) is 28.7 Å². The summed E-state index contributed by atoms with van der Waals surface area (Å²) in [6.45, 7) is 1.01. The van der Waals surface area contributed by atoms with Crippen LogP contribution in [0.4, 0.5) is 14.5 Å². The van der Waals surface area contributed by atoms with Crippen molar-refractivity contribution >= 4 is 17.6 Å². The first-order valence-corrected chi connectivity index (χ1v) is 11.4. The topological polar surface area (TPSA) is 143 Å². The molecule has 0 bridgehead atoms. The van der Waals surface area contributed by atoms with E-state index in [4.69, 9.17) is 9.57 Å². The molecular formula is C23H26F2N6O5. The van der Waals surface area contributed by atoms with E-state index < -0.39 is 35.3 Å². The number of carbonyl (C=O) groups excluding carboxylic acids is 1. The van der Waals surface area contributed by atoms with E-state index in [2.05, 4.69) is 25.9 Å². The van der Waals surface area contributed by atoms with Gasteiger partial charge in [0.2, 0.25) is 0 Å². The minimum atomic E-state index is -1.23. The number of rotatable bonds is 10. The quantitative estimate of drug-likeness (QED) is 0.243. The van der Waals surface area contributed by atoms with Gasteiger partial charge in [-0.1, -0.05) is 6.07 Å². The van der Waals surface area contributed by atoms with E-state index in [0.717, 1.165) is 31.0 Å². The third kappa shape index (κ3) is 5.58. The summed E-state index contributed by atoms with van der Waals surface area (Å²) < 4.78 is 35.7. The summed E-state index contributed by atoms with van der Waals surface area (Å²) in [6, 6.07) is 3.12. The number of hydroxylamine groups is 1. The van der Waals surface area contributed by atoms with Gasteiger partial charge in [0.1, 0.15) is 23.4 Å². The van der Waals surface area contributed by atoms with Crippen LogP contribution in [0.3, 0.4) is 0 Å². The lowest BCUT2D eigenvalue weighted by Crippen LogP contribution is -2.18. The number of aromatic nitrogens is 4. The largest absolute Gasteiger partial charge is 0.476 e. The van der Waals surface area contributed by atoms with E-state index in [1.54, 1.807) is 0 Å². The maximum atomic E-state index is 14.2. The SMILES string of the molecule is CONCCCc1[nH]c(-c2nn(C3CCCCO3)cc2NC(=O)c2c(F)cccc2F)nc1C(=O)O. The number of nitrogens with one attached hydrogen (secondary N) is 3. The first-order valence-electron chi connectivity index (χ1n) is 11.4. The summed E-state index contributed by atoms with van der Waals surface area (Å²) in [4.78, 5) is 36.6. The highest BCUT2D eigenvalue weighted by Crippen LogP contribution is 2.31. The van der Waals surface area contributed by atoms with Crippen molar-refractivity contribution in [1.82, 2.24) is 25.2 Å². The first kappa shape index (κ1) is 25.4. The number of carboxylic acid groups (broad SMARTS) is 1. The minimum Gasteiger partial charge on any atom is -0.476 e. The molecule has 1 aliphatic rings. The number of ether oxygens (including phenoxy) is 1. The van der Waals surface area contributed by atoms with Crippen LogP contribution < -0.4 is 10.8 Å². The fourth-order valence-electron chi connectivity index (χ4n) is 3.96. The Morgan fingerprint density at radius 2 is 2.08 bits per heavy atom. The predicted octanol–water partition coefficient (Wildman–Crippen LogP) is 3.28. The van der Waals surface area contributed by atoms with Gasteiger partial charge in [0, 0.05) is 13.2 Å². The average molecular weight is 504 g/mol. The number of aryl methyl sites for hydroxylation is 1. The lowest BCUT2D eigenvalue weighted by molar-refractivity contribution is -0.0393. The summed E-state index contributed by atoms with van der Waals surface area (Å²) in [5.74, 6) is -4.21. The van der Waals surface area contributed by atoms with Gasteiger partial charge >= 0.3 is 5.97 Å². The first-order chi connectivity index (χ1) is 17.4. The van der Waals surface area contributed by atoms with Crippen molar-refractivity contribution in [3.05, 3.63) is 53.0 Å². The van der Waals surface area contributed by atoms with Gasteiger partial charge in [-0.05, 0) is 44.2 Å². The van der Waals surface area contributed by atoms with Crippen molar-refractivity contribution in [2.45, 2.75) is 38.3 Å². The summed E-state index contributed by atoms with van der Waals surface area (Å²) in [5.41, 5.74) is 2.30. The Hall–Kier alpha value is -3.68. The van der Waals surface area contributed by atoms with Gasteiger partial charge in [-0.2, -0.15) is 5.10 Å². The van der Waals surface area contributed by atoms with Crippen LogP contribution in [0.1, 0.15) is 58.5 Å². The standard InChI is InChI=1S/C23H26F2N6O5/c1-35-26-10-5-8-15-20(23(33)34)29-21(27-15)19-16(12-31(30-19)17-9-2-3-11-36-17)28-22(32)18-13(24)6-4-7-14(18)25/h4,6-7,12,17,26H,2-3,5,8-11H2,1H3,(H,27,29)(H,28,32)(H,33,34). The summed E-state index contributed by atoms with van der Waals surface area (Å²) in [6.07, 6.45) is 4.45. The van der Waals surface area contributed by atoms with Gasteiger partial charge in [0.15, 0.2) is 17.2 Å². The number of hydrogen-bond donors (Lipinski definition) is 4. The molecule has 0 spiro atoms. The molecule has 2 aromatic heterocycles. The monoisotopic (exact) mass is 504 g/mol. The molecule has 1 aromatic carbocycles. The summed E-state index contributed by atoms with van der Waals surface area (Å²) >= 11 is 0. The number of H-pyrrole nitrogens is 1. The number of anilines is 1. The average Bonchev–Trinajstić information content (AvgIpc) is 3.47. The third-order valence-electron chi connectivity index (χ3n) is 5.68. The molecule has 11 nitrogen and oxygen atoms in total. The van der Waals surface area contributed by atoms with Crippen LogP contribution in [0.15, 0.2) is 24.4 Å². The van der Waals surface area contributed by atoms with Gasteiger partial charge in [0.05, 0.1) is 24.7 Å². The second-order valence-electron chi connectivity index (χ2n) is 8.16. The maximum Gasteiger partial charge on any atom is 0.356 e. The minimum absolute atomic E-state index is 0.0842. The molecule has 0 aliphatic carbocycles. The van der Waals surface area contributed by atoms with Crippen LogP contribution in [0, 0.1) is 11.6 Å². The normalized spacial score (nSPS) is 15.7. The number of halogens is 2. The highest BCUT2D eigenvalue weighted by atomic mass is 19.1. The molecule has 36 heavy (non-hydrogen) atoms. The van der Waals surface area contributed by atoms with Crippen molar-refractivity contribution < 1.29 is 33.1 Å². The van der Waals surface area contributed by atoms with Crippen molar-refractivity contribution in [2.24, 2.45) is 0 Å². The Morgan fingerprint density at radius 1 is 1.31 bits per heavy atom. The fourth-order valence-corrected chi connectivity index (χ4v) is 3.96. The number of hydrogen-bond acceptors (Lipinski definition) is 7. The summed E-state index contributed by atoms with van der Waals surface area (Å²) in [5, 5.41) is 16.6. The lowest BCUT2D eigenvalue weighted by atomic mass is 10.2. The van der Waals surface area contributed by atoms with Crippen molar-refractivity contribution in [3.63, 3.8) is 0 Å². The molecule has 1 fully saturated rings. The number of carboxylic acids is 1. The Bertz CT molecular complexity index is 1220. The highest BCUT2D eigenvalue weighted by molar-refractivity contribution is 6.06. The van der Waals surface area contributed by atoms with Crippen molar-refractivity contribution in [2.75, 3.05) is 25.6 Å². The Kier molecular flexibility index (Phi) is 8.03. The van der Waals surface area contributed by atoms with Gasteiger partial charge in [0.25, 0.3) is 5.91 Å². The molecule has 4 N–H and O–H groups in total. The smallest absolute Gasteiger partial charge is 0.356 e. The molecule has 0 saturated carbocycles. The Balaban J connectivity index is 1.70. The molecule has 1 aliphatic heterocycles. The zero-order valence-corrected chi connectivity index (χ0v) is 19.5. The number of benzene rings is 1. The van der Waals surface area contributed by atoms with Gasteiger partial charge in [-0.3, -0.25) is 4.79 Å². The second-order valence-corrected chi connectivity index (χ2v) is 8.16. The highest BCUT2D eigenvalue weighted by Gasteiger charge is 2.26. The van der Waals surface area contributed by atoms with E-state index in [-0.39, 0.29) is 22.9 Å². The van der Waals surface area contributed by atoms with Crippen LogP contribution in [0.2, 0.25) is 0 Å². The molecule has 3 aromatic rings. The molecule has 4 rings (SSSR count). The molecule has 1 amide bonds.